The van der Waals surface area contributed by atoms with Gasteiger partial charge in [-0.3, -0.25) is 0 Å². The first-order valence-electron chi connectivity index (χ1n) is 5.19. The summed E-state index contributed by atoms with van der Waals surface area (Å²) in [7, 11) is 0. The molecule has 1 aromatic carbocycles. The maximum absolute atomic E-state index is 5.53. The van der Waals surface area contributed by atoms with E-state index in [2.05, 4.69) is 28.1 Å². The molecule has 0 heterocycles. The van der Waals surface area contributed by atoms with Gasteiger partial charge in [0, 0.05) is 24.1 Å². The predicted octanol–water partition coefficient (Wildman–Crippen LogP) is 3.65. The molecule has 0 aliphatic heterocycles. The molecule has 0 unspecified atom stereocenters. The van der Waals surface area contributed by atoms with Gasteiger partial charge in [-0.2, -0.15) is 0 Å². The Balaban J connectivity index is 2.79. The monoisotopic (exact) mass is 272 g/mol. The summed E-state index contributed by atoms with van der Waals surface area (Å²) in [5, 5.41) is 0.853. The van der Waals surface area contributed by atoms with Crippen molar-refractivity contribution >= 4 is 15.9 Å². The highest BCUT2D eigenvalue weighted by Crippen LogP contribution is 2.20. The summed E-state index contributed by atoms with van der Waals surface area (Å²) in [4.78, 5) is 0. The van der Waals surface area contributed by atoms with Crippen LogP contribution in [0.5, 0.6) is 0 Å². The Bertz CT molecular complexity index is 283. The number of hydrogen-bond acceptors (Lipinski definition) is 2. The third-order valence-electron chi connectivity index (χ3n) is 2.01. The Hall–Kier alpha value is -0.380. The molecule has 2 nitrogen and oxygen atoms in total. The Kier molecular flexibility index (Phi) is 5.91. The molecule has 0 atom stereocenters. The van der Waals surface area contributed by atoms with Crippen molar-refractivity contribution in [2.45, 2.75) is 25.5 Å². The van der Waals surface area contributed by atoms with E-state index in [4.69, 9.17) is 9.47 Å². The van der Waals surface area contributed by atoms with Crippen LogP contribution in [0.3, 0.4) is 0 Å². The van der Waals surface area contributed by atoms with Crippen molar-refractivity contribution in [2.75, 3.05) is 13.2 Å². The van der Waals surface area contributed by atoms with Gasteiger partial charge in [0.05, 0.1) is 0 Å². The Morgan fingerprint density at radius 1 is 1.20 bits per heavy atom. The average Bonchev–Trinajstić information content (AvgIpc) is 2.29. The van der Waals surface area contributed by atoms with Gasteiger partial charge in [0.1, 0.15) is 0 Å². The van der Waals surface area contributed by atoms with E-state index >= 15 is 0 Å². The van der Waals surface area contributed by atoms with Crippen molar-refractivity contribution < 1.29 is 9.47 Å². The fourth-order valence-corrected chi connectivity index (χ4v) is 1.71. The molecular weight excluding hydrogens is 256 g/mol. The minimum atomic E-state index is -0.237. The third kappa shape index (κ3) is 3.93. The summed E-state index contributed by atoms with van der Waals surface area (Å²) in [6.07, 6.45) is -0.237. The summed E-state index contributed by atoms with van der Waals surface area (Å²) >= 11 is 3.44. The lowest BCUT2D eigenvalue weighted by atomic mass is 10.1. The molecular formula is C12H17BrO2. The number of rotatable bonds is 6. The maximum Gasteiger partial charge on any atom is 0.183 e. The van der Waals surface area contributed by atoms with Crippen LogP contribution in [0, 0.1) is 0 Å². The van der Waals surface area contributed by atoms with Crippen LogP contribution in [0.1, 0.15) is 31.3 Å². The fraction of sp³-hybridized carbons (Fsp3) is 0.500. The van der Waals surface area contributed by atoms with Gasteiger partial charge in [0.2, 0.25) is 0 Å². The predicted molar refractivity (Wildman–Crippen MR) is 65.1 cm³/mol. The molecule has 0 radical (unpaired) electrons. The van der Waals surface area contributed by atoms with E-state index in [0.29, 0.717) is 13.2 Å². The first-order chi connectivity index (χ1) is 7.31. The van der Waals surface area contributed by atoms with Gasteiger partial charge in [0.15, 0.2) is 6.29 Å². The molecule has 0 aliphatic carbocycles. The van der Waals surface area contributed by atoms with Crippen LogP contribution in [0.4, 0.5) is 0 Å². The number of ether oxygens (including phenoxy) is 2. The van der Waals surface area contributed by atoms with Crippen molar-refractivity contribution in [1.82, 2.24) is 0 Å². The second kappa shape index (κ2) is 6.99. The van der Waals surface area contributed by atoms with Crippen LogP contribution in [-0.4, -0.2) is 13.2 Å². The standard InChI is InChI=1S/C12H17BrO2/c1-3-14-12(15-4-2)11-7-5-6-10(8-11)9-13/h5-8,12H,3-4,9H2,1-2H3. The van der Waals surface area contributed by atoms with E-state index in [9.17, 15) is 0 Å². The van der Waals surface area contributed by atoms with Crippen LogP contribution in [0.2, 0.25) is 0 Å². The van der Waals surface area contributed by atoms with Crippen LogP contribution in [-0.2, 0) is 14.8 Å². The highest BCUT2D eigenvalue weighted by molar-refractivity contribution is 9.08. The summed E-state index contributed by atoms with van der Waals surface area (Å²) in [6.45, 7) is 5.26. The minimum absolute atomic E-state index is 0.237. The summed E-state index contributed by atoms with van der Waals surface area (Å²) in [5.41, 5.74) is 2.31. The smallest absolute Gasteiger partial charge is 0.183 e. The largest absolute Gasteiger partial charge is 0.349 e. The maximum atomic E-state index is 5.53. The zero-order chi connectivity index (χ0) is 11.1. The molecule has 0 amide bonds. The fourth-order valence-electron chi connectivity index (χ4n) is 1.37. The lowest BCUT2D eigenvalue weighted by Crippen LogP contribution is -2.08. The Labute approximate surface area is 99.7 Å². The van der Waals surface area contributed by atoms with Gasteiger partial charge < -0.3 is 9.47 Å². The highest BCUT2D eigenvalue weighted by Gasteiger charge is 2.10. The number of halogens is 1. The molecule has 1 rings (SSSR count). The zero-order valence-corrected chi connectivity index (χ0v) is 10.8. The van der Waals surface area contributed by atoms with E-state index in [1.54, 1.807) is 0 Å². The van der Waals surface area contributed by atoms with E-state index < -0.39 is 0 Å². The van der Waals surface area contributed by atoms with Gasteiger partial charge in [-0.1, -0.05) is 34.1 Å². The van der Waals surface area contributed by atoms with E-state index in [1.807, 2.05) is 26.0 Å². The van der Waals surface area contributed by atoms with Gasteiger partial charge in [-0.15, -0.1) is 0 Å². The van der Waals surface area contributed by atoms with Crippen molar-refractivity contribution in [3.05, 3.63) is 35.4 Å². The molecule has 0 bridgehead atoms. The molecule has 84 valence electrons. The first kappa shape index (κ1) is 12.7. The molecule has 15 heavy (non-hydrogen) atoms. The zero-order valence-electron chi connectivity index (χ0n) is 9.20. The second-order valence-electron chi connectivity index (χ2n) is 3.12. The van der Waals surface area contributed by atoms with E-state index in [-0.39, 0.29) is 6.29 Å². The molecule has 0 saturated carbocycles. The molecule has 1 aromatic rings. The molecule has 0 fully saturated rings. The van der Waals surface area contributed by atoms with Crippen LogP contribution in [0.25, 0.3) is 0 Å². The number of hydrogen-bond donors (Lipinski definition) is 0. The van der Waals surface area contributed by atoms with E-state index in [0.717, 1.165) is 10.9 Å². The minimum Gasteiger partial charge on any atom is -0.349 e. The van der Waals surface area contributed by atoms with Crippen LogP contribution >= 0.6 is 15.9 Å². The second-order valence-corrected chi connectivity index (χ2v) is 3.68. The molecule has 0 aliphatic rings. The number of alkyl halides is 1. The Morgan fingerprint density at radius 3 is 2.40 bits per heavy atom. The first-order valence-corrected chi connectivity index (χ1v) is 6.32. The molecule has 3 heteroatoms. The lowest BCUT2D eigenvalue weighted by Gasteiger charge is -2.17. The van der Waals surface area contributed by atoms with Crippen molar-refractivity contribution in [3.63, 3.8) is 0 Å². The van der Waals surface area contributed by atoms with Gasteiger partial charge in [-0.05, 0) is 25.5 Å². The third-order valence-corrected chi connectivity index (χ3v) is 2.66. The average molecular weight is 273 g/mol. The van der Waals surface area contributed by atoms with Gasteiger partial charge in [-0.25, -0.2) is 0 Å². The molecule has 0 spiro atoms. The number of benzene rings is 1. The Morgan fingerprint density at radius 2 is 1.87 bits per heavy atom. The lowest BCUT2D eigenvalue weighted by molar-refractivity contribution is -0.140. The summed E-state index contributed by atoms with van der Waals surface area (Å²) in [6, 6.07) is 8.23. The molecule has 0 saturated heterocycles. The van der Waals surface area contributed by atoms with Crippen molar-refractivity contribution in [2.24, 2.45) is 0 Å². The van der Waals surface area contributed by atoms with Crippen molar-refractivity contribution in [3.8, 4) is 0 Å². The van der Waals surface area contributed by atoms with Gasteiger partial charge >= 0.3 is 0 Å². The summed E-state index contributed by atoms with van der Waals surface area (Å²) in [5.74, 6) is 0. The van der Waals surface area contributed by atoms with E-state index in [1.165, 1.54) is 5.56 Å². The normalized spacial score (nSPS) is 10.9. The topological polar surface area (TPSA) is 18.5 Å². The molecule has 0 aromatic heterocycles. The summed E-state index contributed by atoms with van der Waals surface area (Å²) < 4.78 is 11.1. The quantitative estimate of drug-likeness (QED) is 0.581. The van der Waals surface area contributed by atoms with Crippen LogP contribution in [0.15, 0.2) is 24.3 Å². The highest BCUT2D eigenvalue weighted by atomic mass is 79.9. The molecule has 0 N–H and O–H groups in total. The SMILES string of the molecule is CCOC(OCC)c1cccc(CBr)c1. The van der Waals surface area contributed by atoms with Crippen LogP contribution < -0.4 is 0 Å². The van der Waals surface area contributed by atoms with Crippen molar-refractivity contribution in [1.29, 1.82) is 0 Å². The van der Waals surface area contributed by atoms with Gasteiger partial charge in [0.25, 0.3) is 0 Å².